The molecule has 0 aromatic carbocycles. The van der Waals surface area contributed by atoms with Gasteiger partial charge in [0.15, 0.2) is 0 Å². The standard InChI is InChI=1S/C16H31N2/c1-4-6-8-10-12-17-14-15-18(16(17)3)13-11-9-7-5-2/h14-15H,4-13H2,1-3H3/q+1. The second-order valence-electron chi connectivity index (χ2n) is 5.35. The van der Waals surface area contributed by atoms with Crippen molar-refractivity contribution in [3.05, 3.63) is 18.2 Å². The molecule has 0 aliphatic carbocycles. The zero-order chi connectivity index (χ0) is 13.2. The molecule has 1 rings (SSSR count). The molecule has 104 valence electrons. The highest BCUT2D eigenvalue weighted by Crippen LogP contribution is 2.04. The summed E-state index contributed by atoms with van der Waals surface area (Å²) in [7, 11) is 0. The van der Waals surface area contributed by atoms with Gasteiger partial charge in [0, 0.05) is 6.92 Å². The molecule has 0 spiro atoms. The summed E-state index contributed by atoms with van der Waals surface area (Å²) >= 11 is 0. The molecule has 0 aliphatic heterocycles. The molecule has 1 heterocycles. The summed E-state index contributed by atoms with van der Waals surface area (Å²) in [6.07, 6.45) is 15.3. The summed E-state index contributed by atoms with van der Waals surface area (Å²) in [5.41, 5.74) is 0. The largest absolute Gasteiger partial charge is 0.253 e. The predicted octanol–water partition coefficient (Wildman–Crippen LogP) is 4.24. The fraction of sp³-hybridized carbons (Fsp3) is 0.812. The molecule has 0 atom stereocenters. The van der Waals surface area contributed by atoms with Crippen molar-refractivity contribution >= 4 is 0 Å². The van der Waals surface area contributed by atoms with Crippen LogP contribution in [-0.2, 0) is 13.1 Å². The lowest BCUT2D eigenvalue weighted by Gasteiger charge is -2.01. The van der Waals surface area contributed by atoms with Gasteiger partial charge in [-0.05, 0) is 25.7 Å². The highest BCUT2D eigenvalue weighted by molar-refractivity contribution is 4.79. The first-order valence-electron chi connectivity index (χ1n) is 7.84. The molecule has 0 amide bonds. The van der Waals surface area contributed by atoms with Gasteiger partial charge in [0.05, 0.1) is 13.1 Å². The van der Waals surface area contributed by atoms with E-state index in [1.165, 1.54) is 70.3 Å². The van der Waals surface area contributed by atoms with Gasteiger partial charge in [-0.25, -0.2) is 9.13 Å². The van der Waals surface area contributed by atoms with Gasteiger partial charge in [0.1, 0.15) is 12.4 Å². The number of hydrogen-bond acceptors (Lipinski definition) is 0. The van der Waals surface area contributed by atoms with Crippen molar-refractivity contribution in [3.63, 3.8) is 0 Å². The van der Waals surface area contributed by atoms with E-state index in [9.17, 15) is 0 Å². The van der Waals surface area contributed by atoms with Crippen molar-refractivity contribution in [2.75, 3.05) is 0 Å². The third-order valence-electron chi connectivity index (χ3n) is 3.76. The van der Waals surface area contributed by atoms with Gasteiger partial charge >= 0.3 is 0 Å². The lowest BCUT2D eigenvalue weighted by Crippen LogP contribution is -2.35. The first-order chi connectivity index (χ1) is 8.79. The van der Waals surface area contributed by atoms with Crippen LogP contribution in [0.15, 0.2) is 12.4 Å². The Morgan fingerprint density at radius 1 is 0.944 bits per heavy atom. The van der Waals surface area contributed by atoms with E-state index >= 15 is 0 Å². The van der Waals surface area contributed by atoms with E-state index in [1.54, 1.807) is 0 Å². The van der Waals surface area contributed by atoms with Gasteiger partial charge in [-0.3, -0.25) is 0 Å². The minimum absolute atomic E-state index is 1.19. The van der Waals surface area contributed by atoms with Crippen LogP contribution in [0.5, 0.6) is 0 Å². The Balaban J connectivity index is 2.30. The van der Waals surface area contributed by atoms with E-state index in [1.807, 2.05) is 0 Å². The Labute approximate surface area is 113 Å². The lowest BCUT2D eigenvalue weighted by atomic mass is 10.2. The molecule has 1 aromatic heterocycles. The maximum atomic E-state index is 2.41. The van der Waals surface area contributed by atoms with Gasteiger partial charge in [-0.1, -0.05) is 39.5 Å². The highest BCUT2D eigenvalue weighted by Gasteiger charge is 2.10. The SMILES string of the molecule is CCCCCCn1cc[n+](CCCCCC)c1C. The zero-order valence-corrected chi connectivity index (χ0v) is 12.6. The average Bonchev–Trinajstić information content (AvgIpc) is 2.72. The second-order valence-corrected chi connectivity index (χ2v) is 5.35. The summed E-state index contributed by atoms with van der Waals surface area (Å²) in [4.78, 5) is 0. The number of nitrogens with zero attached hydrogens (tertiary/aromatic N) is 2. The number of aromatic nitrogens is 2. The minimum Gasteiger partial charge on any atom is -0.234 e. The molecule has 18 heavy (non-hydrogen) atoms. The molecule has 0 unspecified atom stereocenters. The van der Waals surface area contributed by atoms with Crippen LogP contribution in [-0.4, -0.2) is 4.57 Å². The molecule has 0 fully saturated rings. The fourth-order valence-corrected chi connectivity index (χ4v) is 2.43. The summed E-state index contributed by atoms with van der Waals surface area (Å²) < 4.78 is 4.82. The lowest BCUT2D eigenvalue weighted by molar-refractivity contribution is -0.702. The quantitative estimate of drug-likeness (QED) is 0.434. The maximum Gasteiger partial charge on any atom is 0.253 e. The first-order valence-corrected chi connectivity index (χ1v) is 7.84. The van der Waals surface area contributed by atoms with E-state index < -0.39 is 0 Å². The Hall–Kier alpha value is -0.790. The van der Waals surface area contributed by atoms with Crippen LogP contribution in [0.4, 0.5) is 0 Å². The monoisotopic (exact) mass is 251 g/mol. The molecule has 2 nitrogen and oxygen atoms in total. The van der Waals surface area contributed by atoms with Gasteiger partial charge in [-0.2, -0.15) is 0 Å². The molecular weight excluding hydrogens is 220 g/mol. The predicted molar refractivity (Wildman–Crippen MR) is 77.6 cm³/mol. The Morgan fingerprint density at radius 2 is 1.61 bits per heavy atom. The van der Waals surface area contributed by atoms with Gasteiger partial charge in [0.2, 0.25) is 0 Å². The van der Waals surface area contributed by atoms with Crippen LogP contribution in [0.25, 0.3) is 0 Å². The van der Waals surface area contributed by atoms with E-state index in [2.05, 4.69) is 42.3 Å². The normalized spacial score (nSPS) is 11.1. The second kappa shape index (κ2) is 9.18. The highest BCUT2D eigenvalue weighted by atomic mass is 15.1. The van der Waals surface area contributed by atoms with E-state index in [-0.39, 0.29) is 0 Å². The number of unbranched alkanes of at least 4 members (excludes halogenated alkanes) is 6. The smallest absolute Gasteiger partial charge is 0.234 e. The van der Waals surface area contributed by atoms with Crippen molar-refractivity contribution in [1.29, 1.82) is 0 Å². The molecule has 0 saturated heterocycles. The Kier molecular flexibility index (Phi) is 7.79. The van der Waals surface area contributed by atoms with Crippen LogP contribution in [0.2, 0.25) is 0 Å². The maximum absolute atomic E-state index is 2.41. The molecule has 0 bridgehead atoms. The summed E-state index contributed by atoms with van der Waals surface area (Å²) in [5.74, 6) is 1.42. The van der Waals surface area contributed by atoms with Crippen LogP contribution in [0, 0.1) is 6.92 Å². The molecule has 1 aromatic rings. The molecular formula is C16H31N2+. The van der Waals surface area contributed by atoms with E-state index in [0.29, 0.717) is 0 Å². The molecule has 2 heteroatoms. The third kappa shape index (κ3) is 5.24. The topological polar surface area (TPSA) is 8.81 Å². The van der Waals surface area contributed by atoms with Gasteiger partial charge in [0.25, 0.3) is 5.82 Å². The number of aryl methyl sites for hydroxylation is 2. The zero-order valence-electron chi connectivity index (χ0n) is 12.6. The summed E-state index contributed by atoms with van der Waals surface area (Å²) in [6, 6.07) is 0. The first kappa shape index (κ1) is 15.3. The van der Waals surface area contributed by atoms with E-state index in [4.69, 9.17) is 0 Å². The molecule has 0 aliphatic rings. The molecule has 0 N–H and O–H groups in total. The van der Waals surface area contributed by atoms with Crippen molar-refractivity contribution < 1.29 is 4.57 Å². The van der Waals surface area contributed by atoms with Crippen molar-refractivity contribution in [3.8, 4) is 0 Å². The van der Waals surface area contributed by atoms with Crippen LogP contribution in [0.1, 0.15) is 71.0 Å². The van der Waals surface area contributed by atoms with Crippen LogP contribution in [0.3, 0.4) is 0 Å². The average molecular weight is 251 g/mol. The van der Waals surface area contributed by atoms with Crippen molar-refractivity contribution in [2.45, 2.75) is 85.2 Å². The fourth-order valence-electron chi connectivity index (χ4n) is 2.43. The van der Waals surface area contributed by atoms with Gasteiger partial charge < -0.3 is 0 Å². The number of rotatable bonds is 10. The van der Waals surface area contributed by atoms with Crippen molar-refractivity contribution in [1.82, 2.24) is 4.57 Å². The van der Waals surface area contributed by atoms with E-state index in [0.717, 1.165) is 0 Å². The van der Waals surface area contributed by atoms with Crippen LogP contribution < -0.4 is 4.57 Å². The van der Waals surface area contributed by atoms with Crippen molar-refractivity contribution in [2.24, 2.45) is 0 Å². The molecule has 0 radical (unpaired) electrons. The Morgan fingerprint density at radius 3 is 2.28 bits per heavy atom. The Bertz CT molecular complexity index is 285. The number of imidazole rings is 1. The minimum atomic E-state index is 1.19. The van der Waals surface area contributed by atoms with Crippen LogP contribution >= 0.6 is 0 Å². The summed E-state index contributed by atoms with van der Waals surface area (Å²) in [6.45, 7) is 9.16. The number of hydrogen-bond donors (Lipinski definition) is 0. The van der Waals surface area contributed by atoms with Gasteiger partial charge in [-0.15, -0.1) is 0 Å². The molecule has 0 saturated carbocycles. The summed E-state index contributed by atoms with van der Waals surface area (Å²) in [5, 5.41) is 0. The third-order valence-corrected chi connectivity index (χ3v) is 3.76.